The van der Waals surface area contributed by atoms with Crippen molar-refractivity contribution < 1.29 is 14.3 Å². The van der Waals surface area contributed by atoms with Crippen molar-refractivity contribution in [2.75, 3.05) is 6.61 Å². The molecule has 0 radical (unpaired) electrons. The van der Waals surface area contributed by atoms with Gasteiger partial charge in [-0.1, -0.05) is 35.9 Å². The number of rotatable bonds is 8. The Morgan fingerprint density at radius 3 is 2.21 bits per heavy atom. The minimum atomic E-state index is -0.603. The molecule has 1 atom stereocenters. The maximum Gasteiger partial charge on any atom is 0.261 e. The number of hydrogen-bond acceptors (Lipinski definition) is 3. The van der Waals surface area contributed by atoms with Crippen molar-refractivity contribution in [3.63, 3.8) is 0 Å². The van der Waals surface area contributed by atoms with Crippen LogP contribution in [0.15, 0.2) is 42.5 Å². The molecule has 0 fully saturated rings. The first-order valence-electron chi connectivity index (χ1n) is 10.0. The second-order valence-electron chi connectivity index (χ2n) is 7.96. The van der Waals surface area contributed by atoms with Crippen molar-refractivity contribution in [2.45, 2.75) is 60.2 Å². The lowest BCUT2D eigenvalue weighted by Crippen LogP contribution is -2.50. The van der Waals surface area contributed by atoms with E-state index in [9.17, 15) is 9.59 Å². The average molecular weight is 397 g/mol. The lowest BCUT2D eigenvalue weighted by Gasteiger charge is -2.29. The van der Waals surface area contributed by atoms with Crippen LogP contribution in [-0.4, -0.2) is 35.4 Å². The highest BCUT2D eigenvalue weighted by Crippen LogP contribution is 2.17. The summed E-state index contributed by atoms with van der Waals surface area (Å²) in [5.41, 5.74) is 4.25. The molecule has 5 heteroatoms. The van der Waals surface area contributed by atoms with Gasteiger partial charge in [0.1, 0.15) is 11.8 Å². The molecule has 156 valence electrons. The van der Waals surface area contributed by atoms with E-state index in [4.69, 9.17) is 4.74 Å². The first-order valence-corrected chi connectivity index (χ1v) is 10.0. The summed E-state index contributed by atoms with van der Waals surface area (Å²) in [5, 5.41) is 2.89. The monoisotopic (exact) mass is 396 g/mol. The molecule has 0 aromatic heterocycles. The Kier molecular flexibility index (Phi) is 7.82. The van der Waals surface area contributed by atoms with Crippen LogP contribution in [0.25, 0.3) is 0 Å². The second kappa shape index (κ2) is 10.1. The maximum atomic E-state index is 13.0. The molecule has 0 saturated carbocycles. The number of nitrogens with zero attached hydrogens (tertiary/aromatic N) is 1. The highest BCUT2D eigenvalue weighted by atomic mass is 16.5. The molecule has 0 heterocycles. The summed E-state index contributed by atoms with van der Waals surface area (Å²) in [7, 11) is 0. The van der Waals surface area contributed by atoms with Crippen molar-refractivity contribution in [3.05, 3.63) is 64.7 Å². The predicted octanol–water partition coefficient (Wildman–Crippen LogP) is 3.93. The quantitative estimate of drug-likeness (QED) is 0.735. The van der Waals surface area contributed by atoms with Crippen LogP contribution in [-0.2, 0) is 16.1 Å². The summed E-state index contributed by atoms with van der Waals surface area (Å²) in [4.78, 5) is 27.2. The van der Waals surface area contributed by atoms with Crippen LogP contribution >= 0.6 is 0 Å². The van der Waals surface area contributed by atoms with Gasteiger partial charge in [-0.25, -0.2) is 0 Å². The number of benzene rings is 2. The van der Waals surface area contributed by atoms with E-state index in [0.717, 1.165) is 22.3 Å². The molecular formula is C24H32N2O3. The van der Waals surface area contributed by atoms with Gasteiger partial charge < -0.3 is 15.0 Å². The molecule has 0 bridgehead atoms. The molecule has 0 saturated heterocycles. The summed E-state index contributed by atoms with van der Waals surface area (Å²) in [6, 6.07) is 13.2. The number of hydrogen-bond donors (Lipinski definition) is 1. The van der Waals surface area contributed by atoms with Gasteiger partial charge in [0.15, 0.2) is 6.61 Å². The number of carbonyl (C=O) groups excluding carboxylic acids is 2. The zero-order valence-corrected chi connectivity index (χ0v) is 18.3. The van der Waals surface area contributed by atoms with Gasteiger partial charge in [0.05, 0.1) is 0 Å². The first kappa shape index (κ1) is 22.5. The van der Waals surface area contributed by atoms with Crippen LogP contribution < -0.4 is 10.1 Å². The minimum absolute atomic E-state index is 0.00684. The normalized spacial score (nSPS) is 11.8. The highest BCUT2D eigenvalue weighted by Gasteiger charge is 2.27. The molecule has 2 aromatic carbocycles. The molecule has 0 aliphatic rings. The second-order valence-corrected chi connectivity index (χ2v) is 7.96. The molecule has 5 nitrogen and oxygen atoms in total. The van der Waals surface area contributed by atoms with Gasteiger partial charge >= 0.3 is 0 Å². The van der Waals surface area contributed by atoms with E-state index in [1.165, 1.54) is 0 Å². The van der Waals surface area contributed by atoms with Crippen LogP contribution in [0.4, 0.5) is 0 Å². The fourth-order valence-corrected chi connectivity index (χ4v) is 3.24. The highest BCUT2D eigenvalue weighted by molar-refractivity contribution is 5.88. The Balaban J connectivity index is 2.17. The summed E-state index contributed by atoms with van der Waals surface area (Å²) in [6.45, 7) is 11.8. The molecule has 1 N–H and O–H groups in total. The fourth-order valence-electron chi connectivity index (χ4n) is 3.24. The van der Waals surface area contributed by atoms with Gasteiger partial charge in [-0.05, 0) is 70.4 Å². The van der Waals surface area contributed by atoms with Crippen molar-refractivity contribution in [1.29, 1.82) is 0 Å². The van der Waals surface area contributed by atoms with E-state index in [2.05, 4.69) is 11.4 Å². The molecule has 29 heavy (non-hydrogen) atoms. The van der Waals surface area contributed by atoms with Gasteiger partial charge in [0, 0.05) is 12.6 Å². The largest absolute Gasteiger partial charge is 0.484 e. The molecule has 0 spiro atoms. The van der Waals surface area contributed by atoms with Gasteiger partial charge in [0.25, 0.3) is 5.91 Å². The van der Waals surface area contributed by atoms with Gasteiger partial charge in [-0.3, -0.25) is 9.59 Å². The van der Waals surface area contributed by atoms with Crippen LogP contribution in [0.5, 0.6) is 5.75 Å². The van der Waals surface area contributed by atoms with Crippen LogP contribution in [0.1, 0.15) is 43.0 Å². The van der Waals surface area contributed by atoms with E-state index < -0.39 is 6.04 Å². The lowest BCUT2D eigenvalue weighted by atomic mass is 10.1. The van der Waals surface area contributed by atoms with E-state index in [1.54, 1.807) is 11.8 Å². The van der Waals surface area contributed by atoms with E-state index >= 15 is 0 Å². The summed E-state index contributed by atoms with van der Waals surface area (Å²) in [6.07, 6.45) is 0. The van der Waals surface area contributed by atoms with Crippen molar-refractivity contribution >= 4 is 11.8 Å². The Morgan fingerprint density at radius 2 is 1.62 bits per heavy atom. The van der Waals surface area contributed by atoms with Gasteiger partial charge in [-0.15, -0.1) is 0 Å². The Hall–Kier alpha value is -2.82. The molecule has 2 aromatic rings. The van der Waals surface area contributed by atoms with Crippen LogP contribution in [0, 0.1) is 20.8 Å². The van der Waals surface area contributed by atoms with Crippen molar-refractivity contribution in [1.82, 2.24) is 10.2 Å². The molecule has 0 aliphatic heterocycles. The lowest BCUT2D eigenvalue weighted by molar-refractivity contribution is -0.142. The molecule has 2 rings (SSSR count). The van der Waals surface area contributed by atoms with Crippen LogP contribution in [0.2, 0.25) is 0 Å². The zero-order valence-electron chi connectivity index (χ0n) is 18.3. The van der Waals surface area contributed by atoms with E-state index in [0.29, 0.717) is 12.3 Å². The predicted molar refractivity (Wildman–Crippen MR) is 116 cm³/mol. The van der Waals surface area contributed by atoms with Crippen molar-refractivity contribution in [2.24, 2.45) is 0 Å². The molecular weight excluding hydrogens is 364 g/mol. The van der Waals surface area contributed by atoms with Gasteiger partial charge in [-0.2, -0.15) is 0 Å². The van der Waals surface area contributed by atoms with Crippen molar-refractivity contribution in [3.8, 4) is 5.75 Å². The van der Waals surface area contributed by atoms with E-state index in [-0.39, 0.29) is 24.5 Å². The number of aryl methyl sites for hydroxylation is 3. The molecule has 2 amide bonds. The standard InChI is InChI=1S/C24H32N2O3/c1-16(2)25-24(28)20(6)26(14-21-9-7-8-17(3)11-21)23(27)15-29-22-12-18(4)10-19(5)13-22/h7-13,16,20H,14-15H2,1-6H3,(H,25,28)/t20-/m0/s1. The average Bonchev–Trinajstić information content (AvgIpc) is 2.62. The minimum Gasteiger partial charge on any atom is -0.484 e. The maximum absolute atomic E-state index is 13.0. The van der Waals surface area contributed by atoms with Gasteiger partial charge in [0.2, 0.25) is 5.91 Å². The summed E-state index contributed by atoms with van der Waals surface area (Å²) in [5.74, 6) is 0.259. The number of carbonyl (C=O) groups is 2. The summed E-state index contributed by atoms with van der Waals surface area (Å²) >= 11 is 0. The molecule has 0 unspecified atom stereocenters. The Bertz CT molecular complexity index is 841. The Labute approximate surface area is 174 Å². The smallest absolute Gasteiger partial charge is 0.261 e. The number of nitrogens with one attached hydrogen (secondary N) is 1. The first-order chi connectivity index (χ1) is 13.7. The molecule has 0 aliphatic carbocycles. The third-order valence-corrected chi connectivity index (χ3v) is 4.59. The third kappa shape index (κ3) is 6.93. The van der Waals surface area contributed by atoms with E-state index in [1.807, 2.05) is 71.0 Å². The SMILES string of the molecule is Cc1cccc(CN(C(=O)COc2cc(C)cc(C)c2)[C@@H](C)C(=O)NC(C)C)c1. The Morgan fingerprint density at radius 1 is 0.966 bits per heavy atom. The number of amides is 2. The topological polar surface area (TPSA) is 58.6 Å². The third-order valence-electron chi connectivity index (χ3n) is 4.59. The zero-order chi connectivity index (χ0) is 21.6. The van der Waals surface area contributed by atoms with Crippen LogP contribution in [0.3, 0.4) is 0 Å². The summed E-state index contributed by atoms with van der Waals surface area (Å²) < 4.78 is 5.76. The fraction of sp³-hybridized carbons (Fsp3) is 0.417. The number of ether oxygens (including phenoxy) is 1.